The van der Waals surface area contributed by atoms with Crippen molar-refractivity contribution in [1.29, 1.82) is 0 Å². The summed E-state index contributed by atoms with van der Waals surface area (Å²) in [5.41, 5.74) is 4.57. The van der Waals surface area contributed by atoms with Crippen LogP contribution in [0.1, 0.15) is 15.9 Å². The molecule has 0 fully saturated rings. The number of para-hydroxylation sites is 3. The van der Waals surface area contributed by atoms with Crippen molar-refractivity contribution in [2.75, 3.05) is 14.2 Å². The molecule has 4 rings (SSSR count). The van der Waals surface area contributed by atoms with Crippen LogP contribution in [0.25, 0.3) is 16.7 Å². The molecule has 0 aliphatic carbocycles. The minimum Gasteiger partial charge on any atom is -0.496 e. The van der Waals surface area contributed by atoms with Crippen LogP contribution >= 0.6 is 0 Å². The van der Waals surface area contributed by atoms with Crippen molar-refractivity contribution in [3.8, 4) is 11.4 Å². The smallest absolute Gasteiger partial charge is 0.253 e. The average molecular weight is 371 g/mol. The molecule has 4 aromatic rings. The Morgan fingerprint density at radius 3 is 2.50 bits per heavy atom. The van der Waals surface area contributed by atoms with E-state index in [1.54, 1.807) is 25.4 Å². The second kappa shape index (κ2) is 7.56. The van der Waals surface area contributed by atoms with Gasteiger partial charge in [-0.15, -0.1) is 0 Å². The highest BCUT2D eigenvalue weighted by Gasteiger charge is 2.14. The Labute approximate surface area is 163 Å². The number of aromatic nitrogens is 2. The first-order valence-corrected chi connectivity index (χ1v) is 9.07. The number of carbonyl (C=O) groups excluding carboxylic acids is 1. The van der Waals surface area contributed by atoms with E-state index < -0.39 is 0 Å². The van der Waals surface area contributed by atoms with Crippen LogP contribution in [0.2, 0.25) is 0 Å². The molecule has 0 unspecified atom stereocenters. The Morgan fingerprint density at radius 2 is 1.71 bits per heavy atom. The number of hydrogen-bond donors (Lipinski definition) is 0. The van der Waals surface area contributed by atoms with Crippen molar-refractivity contribution >= 4 is 16.9 Å². The monoisotopic (exact) mass is 371 g/mol. The first kappa shape index (κ1) is 17.8. The summed E-state index contributed by atoms with van der Waals surface area (Å²) in [6.45, 7) is 0.483. The summed E-state index contributed by atoms with van der Waals surface area (Å²) in [5.74, 6) is 0.748. The van der Waals surface area contributed by atoms with E-state index in [9.17, 15) is 4.79 Å². The number of nitrogens with zero attached hydrogens (tertiary/aromatic N) is 3. The lowest BCUT2D eigenvalue weighted by atomic mass is 10.1. The standard InChI is InChI=1S/C23H21N3O2/c1-25(15-18-7-3-6-10-22(18)28-2)23(27)17-11-13-19(14-12-17)26-16-24-20-8-4-5-9-21(20)26/h3-14,16H,15H2,1-2H3. The zero-order chi connectivity index (χ0) is 19.5. The fourth-order valence-corrected chi connectivity index (χ4v) is 3.31. The van der Waals surface area contributed by atoms with E-state index in [0.717, 1.165) is 28.0 Å². The Bertz CT molecular complexity index is 1120. The highest BCUT2D eigenvalue weighted by molar-refractivity contribution is 5.94. The molecule has 0 atom stereocenters. The molecule has 0 bridgehead atoms. The predicted octanol–water partition coefficient (Wildman–Crippen LogP) is 4.31. The van der Waals surface area contributed by atoms with Gasteiger partial charge in [-0.05, 0) is 42.5 Å². The summed E-state index contributed by atoms with van der Waals surface area (Å²) < 4.78 is 7.39. The van der Waals surface area contributed by atoms with Crippen molar-refractivity contribution < 1.29 is 9.53 Å². The minimum atomic E-state index is -0.0343. The zero-order valence-electron chi connectivity index (χ0n) is 15.9. The molecule has 3 aromatic carbocycles. The maximum absolute atomic E-state index is 12.8. The number of hydrogen-bond acceptors (Lipinski definition) is 3. The maximum Gasteiger partial charge on any atom is 0.253 e. The fraction of sp³-hybridized carbons (Fsp3) is 0.130. The van der Waals surface area contributed by atoms with Gasteiger partial charge in [0.2, 0.25) is 0 Å². The van der Waals surface area contributed by atoms with Gasteiger partial charge in [-0.1, -0.05) is 30.3 Å². The number of fused-ring (bicyclic) bond motifs is 1. The fourth-order valence-electron chi connectivity index (χ4n) is 3.31. The van der Waals surface area contributed by atoms with Crippen LogP contribution < -0.4 is 4.74 Å². The van der Waals surface area contributed by atoms with Crippen molar-refractivity contribution in [2.24, 2.45) is 0 Å². The quantitative estimate of drug-likeness (QED) is 0.525. The van der Waals surface area contributed by atoms with Crippen LogP contribution in [0.5, 0.6) is 5.75 Å². The van der Waals surface area contributed by atoms with Gasteiger partial charge < -0.3 is 9.64 Å². The van der Waals surface area contributed by atoms with Crippen molar-refractivity contribution in [3.63, 3.8) is 0 Å². The molecule has 1 aromatic heterocycles. The van der Waals surface area contributed by atoms with Crippen LogP contribution in [0.15, 0.2) is 79.1 Å². The SMILES string of the molecule is COc1ccccc1CN(C)C(=O)c1ccc(-n2cnc3ccccc32)cc1. The molecule has 0 aliphatic heterocycles. The Hall–Kier alpha value is -3.60. The number of amides is 1. The van der Waals surface area contributed by atoms with Gasteiger partial charge in [-0.3, -0.25) is 9.36 Å². The molecule has 0 saturated carbocycles. The molecule has 0 radical (unpaired) electrons. The van der Waals surface area contributed by atoms with Gasteiger partial charge in [0.1, 0.15) is 12.1 Å². The summed E-state index contributed by atoms with van der Waals surface area (Å²) in [4.78, 5) is 18.9. The topological polar surface area (TPSA) is 47.4 Å². The highest BCUT2D eigenvalue weighted by atomic mass is 16.5. The first-order valence-electron chi connectivity index (χ1n) is 9.07. The van der Waals surface area contributed by atoms with Crippen LogP contribution in [0, 0.1) is 0 Å². The van der Waals surface area contributed by atoms with E-state index in [0.29, 0.717) is 12.1 Å². The Balaban J connectivity index is 1.54. The van der Waals surface area contributed by atoms with E-state index in [-0.39, 0.29) is 5.91 Å². The van der Waals surface area contributed by atoms with E-state index in [2.05, 4.69) is 4.98 Å². The normalized spacial score (nSPS) is 10.8. The Kier molecular flexibility index (Phi) is 4.81. The molecule has 0 spiro atoms. The minimum absolute atomic E-state index is 0.0343. The third kappa shape index (κ3) is 3.34. The van der Waals surface area contributed by atoms with Crippen LogP contribution in [-0.2, 0) is 6.54 Å². The molecule has 140 valence electrons. The molecule has 5 nitrogen and oxygen atoms in total. The number of rotatable bonds is 5. The van der Waals surface area contributed by atoms with E-state index >= 15 is 0 Å². The van der Waals surface area contributed by atoms with Crippen molar-refractivity contribution in [1.82, 2.24) is 14.5 Å². The van der Waals surface area contributed by atoms with Crippen molar-refractivity contribution in [3.05, 3.63) is 90.3 Å². The lowest BCUT2D eigenvalue weighted by Crippen LogP contribution is -2.26. The summed E-state index contributed by atoms with van der Waals surface area (Å²) in [6, 6.07) is 23.3. The van der Waals surface area contributed by atoms with Gasteiger partial charge in [-0.2, -0.15) is 0 Å². The third-order valence-corrected chi connectivity index (χ3v) is 4.79. The lowest BCUT2D eigenvalue weighted by Gasteiger charge is -2.19. The molecule has 1 amide bonds. The van der Waals surface area contributed by atoms with Gasteiger partial charge in [-0.25, -0.2) is 4.98 Å². The average Bonchev–Trinajstić information content (AvgIpc) is 3.18. The number of methoxy groups -OCH3 is 1. The molecule has 28 heavy (non-hydrogen) atoms. The second-order valence-corrected chi connectivity index (χ2v) is 6.62. The molecule has 5 heteroatoms. The van der Waals surface area contributed by atoms with E-state index in [1.807, 2.05) is 77.4 Å². The van der Waals surface area contributed by atoms with E-state index in [1.165, 1.54) is 0 Å². The summed E-state index contributed by atoms with van der Waals surface area (Å²) in [7, 11) is 3.44. The summed E-state index contributed by atoms with van der Waals surface area (Å²) in [5, 5.41) is 0. The van der Waals surface area contributed by atoms with Gasteiger partial charge in [0, 0.05) is 30.4 Å². The van der Waals surface area contributed by atoms with Gasteiger partial charge in [0.05, 0.1) is 18.1 Å². The predicted molar refractivity (Wildman–Crippen MR) is 110 cm³/mol. The molecule has 1 heterocycles. The number of carbonyl (C=O) groups is 1. The number of benzene rings is 3. The molecule has 0 N–H and O–H groups in total. The van der Waals surface area contributed by atoms with Gasteiger partial charge in [0.15, 0.2) is 0 Å². The van der Waals surface area contributed by atoms with Gasteiger partial charge >= 0.3 is 0 Å². The third-order valence-electron chi connectivity index (χ3n) is 4.79. The number of ether oxygens (including phenoxy) is 1. The van der Waals surface area contributed by atoms with Crippen LogP contribution in [-0.4, -0.2) is 34.5 Å². The molecular weight excluding hydrogens is 350 g/mol. The molecule has 0 aliphatic rings. The maximum atomic E-state index is 12.8. The highest BCUT2D eigenvalue weighted by Crippen LogP contribution is 2.21. The largest absolute Gasteiger partial charge is 0.496 e. The number of imidazole rings is 1. The first-order chi connectivity index (χ1) is 13.7. The molecular formula is C23H21N3O2. The van der Waals surface area contributed by atoms with Crippen LogP contribution in [0.4, 0.5) is 0 Å². The van der Waals surface area contributed by atoms with Gasteiger partial charge in [0.25, 0.3) is 5.91 Å². The summed E-state index contributed by atoms with van der Waals surface area (Å²) in [6.07, 6.45) is 1.80. The lowest BCUT2D eigenvalue weighted by molar-refractivity contribution is 0.0784. The van der Waals surface area contributed by atoms with E-state index in [4.69, 9.17) is 4.74 Å². The van der Waals surface area contributed by atoms with Crippen molar-refractivity contribution in [2.45, 2.75) is 6.54 Å². The molecule has 0 saturated heterocycles. The van der Waals surface area contributed by atoms with Crippen LogP contribution in [0.3, 0.4) is 0 Å². The zero-order valence-corrected chi connectivity index (χ0v) is 15.9. The second-order valence-electron chi connectivity index (χ2n) is 6.62. The summed E-state index contributed by atoms with van der Waals surface area (Å²) >= 11 is 0. The Morgan fingerprint density at radius 1 is 1.00 bits per heavy atom.